The molecule has 4 aromatic rings. The maximum Gasteiger partial charge on any atom is 0.335 e. The van der Waals surface area contributed by atoms with E-state index in [2.05, 4.69) is 32.2 Å². The van der Waals surface area contributed by atoms with E-state index in [1.54, 1.807) is 12.1 Å². The van der Waals surface area contributed by atoms with Crippen LogP contribution in [-0.2, 0) is 13.0 Å². The number of fused-ring (bicyclic) bond motifs is 4. The van der Waals surface area contributed by atoms with Gasteiger partial charge in [-0.1, -0.05) is 6.07 Å². The number of benzene rings is 1. The van der Waals surface area contributed by atoms with E-state index in [-0.39, 0.29) is 11.5 Å². The van der Waals surface area contributed by atoms with Gasteiger partial charge < -0.3 is 14.6 Å². The molecule has 8 rings (SSSR count). The van der Waals surface area contributed by atoms with Gasteiger partial charge in [-0.2, -0.15) is 5.10 Å². The number of carbonyl (C=O) groups excluding carboxylic acids is 1. The zero-order valence-corrected chi connectivity index (χ0v) is 20.3. The topological polar surface area (TPSA) is 116 Å². The summed E-state index contributed by atoms with van der Waals surface area (Å²) in [5, 5.41) is 17.8. The van der Waals surface area contributed by atoms with Crippen LogP contribution in [0.5, 0.6) is 0 Å². The number of hydrogen-bond donors (Lipinski definition) is 2. The second-order valence-corrected chi connectivity index (χ2v) is 10.8. The number of amides is 1. The summed E-state index contributed by atoms with van der Waals surface area (Å²) < 4.78 is 2.03. The lowest BCUT2D eigenvalue weighted by atomic mass is 9.96. The summed E-state index contributed by atoms with van der Waals surface area (Å²) in [6, 6.07) is 7.43. The Morgan fingerprint density at radius 3 is 2.78 bits per heavy atom. The average molecular weight is 493 g/mol. The van der Waals surface area contributed by atoms with E-state index in [1.807, 2.05) is 17.7 Å². The van der Waals surface area contributed by atoms with E-state index in [1.165, 1.54) is 6.42 Å². The molecular weight excluding hydrogens is 468 g/mol. The molecule has 1 saturated carbocycles. The lowest BCUT2D eigenvalue weighted by Crippen LogP contribution is -2.23. The minimum absolute atomic E-state index is 0.135. The lowest BCUT2D eigenvalue weighted by molar-refractivity contribution is 0.0696. The number of carboxylic acids is 1. The van der Waals surface area contributed by atoms with Crippen molar-refractivity contribution in [3.63, 3.8) is 0 Å². The van der Waals surface area contributed by atoms with Crippen LogP contribution in [0.3, 0.4) is 0 Å². The first-order valence-corrected chi connectivity index (χ1v) is 12.8. The molecule has 1 saturated heterocycles. The molecule has 2 aliphatic heterocycles. The number of piperidine rings is 1. The minimum Gasteiger partial charge on any atom is -0.478 e. The number of hydrogen-bond acceptors (Lipinski definition) is 5. The van der Waals surface area contributed by atoms with Gasteiger partial charge in [-0.05, 0) is 61.8 Å². The number of carbonyl (C=O) groups is 2. The Kier molecular flexibility index (Phi) is 4.03. The monoisotopic (exact) mass is 492 g/mol. The van der Waals surface area contributed by atoms with Gasteiger partial charge in [0.05, 0.1) is 28.0 Å². The molecule has 9 nitrogen and oxygen atoms in total. The van der Waals surface area contributed by atoms with Crippen molar-refractivity contribution in [3.05, 3.63) is 64.1 Å². The van der Waals surface area contributed by atoms with E-state index in [4.69, 9.17) is 4.98 Å². The van der Waals surface area contributed by atoms with Gasteiger partial charge in [0.2, 0.25) is 0 Å². The predicted molar refractivity (Wildman–Crippen MR) is 138 cm³/mol. The number of aromatic amines is 1. The molecule has 0 radical (unpaired) electrons. The van der Waals surface area contributed by atoms with Crippen LogP contribution in [0.1, 0.15) is 56.1 Å². The third kappa shape index (κ3) is 3.00. The van der Waals surface area contributed by atoms with Gasteiger partial charge in [0.15, 0.2) is 0 Å². The smallest absolute Gasteiger partial charge is 0.335 e. The van der Waals surface area contributed by atoms with Gasteiger partial charge in [-0.3, -0.25) is 9.89 Å². The van der Waals surface area contributed by atoms with E-state index in [0.717, 1.165) is 76.5 Å². The molecule has 2 unspecified atom stereocenters. The summed E-state index contributed by atoms with van der Waals surface area (Å²) in [6.45, 7) is 4.61. The largest absolute Gasteiger partial charge is 0.478 e. The number of aromatic nitrogens is 4. The van der Waals surface area contributed by atoms with Crippen molar-refractivity contribution >= 4 is 34.3 Å². The average Bonchev–Trinajstić information content (AvgIpc) is 3.27. The molecule has 4 aliphatic rings. The first-order chi connectivity index (χ1) is 17.9. The van der Waals surface area contributed by atoms with Gasteiger partial charge in [-0.25, -0.2) is 14.8 Å². The van der Waals surface area contributed by atoms with Crippen LogP contribution in [0.15, 0.2) is 35.5 Å². The number of carboxylic acid groups (broad SMARTS) is 1. The molecular formula is C28H24N6O3. The fraction of sp³-hybridized carbons (Fsp3) is 0.321. The van der Waals surface area contributed by atoms with Gasteiger partial charge in [-0.15, -0.1) is 0 Å². The van der Waals surface area contributed by atoms with E-state index in [9.17, 15) is 14.7 Å². The van der Waals surface area contributed by atoms with Crippen molar-refractivity contribution in [2.45, 2.75) is 32.7 Å². The number of anilines is 1. The van der Waals surface area contributed by atoms with Crippen LogP contribution >= 0.6 is 0 Å². The number of aromatic carboxylic acids is 1. The minimum atomic E-state index is -1.04. The van der Waals surface area contributed by atoms with Gasteiger partial charge >= 0.3 is 5.97 Å². The zero-order chi connectivity index (χ0) is 25.0. The number of nitrogens with one attached hydrogen (secondary N) is 1. The first kappa shape index (κ1) is 20.9. The molecule has 2 aliphatic carbocycles. The Morgan fingerprint density at radius 1 is 1.14 bits per heavy atom. The van der Waals surface area contributed by atoms with Crippen LogP contribution in [0.2, 0.25) is 0 Å². The van der Waals surface area contributed by atoms with Crippen LogP contribution in [0, 0.1) is 18.8 Å². The van der Waals surface area contributed by atoms with Crippen molar-refractivity contribution in [3.8, 4) is 11.3 Å². The van der Waals surface area contributed by atoms with Gasteiger partial charge in [0, 0.05) is 48.0 Å². The highest BCUT2D eigenvalue weighted by Gasteiger charge is 2.45. The van der Waals surface area contributed by atoms with Crippen molar-refractivity contribution in [1.29, 1.82) is 0 Å². The number of aliphatic imine (C=N–C) groups is 1. The Bertz CT molecular complexity index is 1720. The molecule has 184 valence electrons. The normalized spacial score (nSPS) is 21.9. The highest BCUT2D eigenvalue weighted by atomic mass is 16.4. The zero-order valence-electron chi connectivity index (χ0n) is 20.3. The SMILES string of the molecule is Cc1[nH]nc2c1CC/C2=N/C(=O)c1cn2c3c(cc(C(=O)O)cc13)-c1nc(N3CC4CC4C3)ccc1C2. The van der Waals surface area contributed by atoms with Crippen LogP contribution in [0.4, 0.5) is 5.82 Å². The fourth-order valence-electron chi connectivity index (χ4n) is 6.47. The molecule has 3 aromatic heterocycles. The maximum atomic E-state index is 13.5. The quantitative estimate of drug-likeness (QED) is 0.395. The summed E-state index contributed by atoms with van der Waals surface area (Å²) in [4.78, 5) is 37.4. The standard InChI is InChI=1S/C28H24N6O3/c1-13-18-3-4-22(25(18)32-31-13)29-27(35)21-12-34-9-14-2-5-23(33-10-16-6-17(16)11-33)30-24(14)20-8-15(28(36)37)7-19(21)26(20)34/h2,5,7-8,12,16-17H,3-4,6,9-11H2,1H3,(H,31,32)(H,36,37)/b29-22-. The summed E-state index contributed by atoms with van der Waals surface area (Å²) in [5.41, 5.74) is 7.47. The van der Waals surface area contributed by atoms with Crippen LogP contribution in [-0.4, -0.2) is 55.5 Å². The van der Waals surface area contributed by atoms with Crippen molar-refractivity contribution in [2.75, 3.05) is 18.0 Å². The van der Waals surface area contributed by atoms with Crippen LogP contribution < -0.4 is 4.90 Å². The molecule has 0 spiro atoms. The number of nitrogens with zero attached hydrogens (tertiary/aromatic N) is 5. The molecule has 9 heteroatoms. The van der Waals surface area contributed by atoms with Gasteiger partial charge in [0.1, 0.15) is 11.5 Å². The third-order valence-electron chi connectivity index (χ3n) is 8.51. The lowest BCUT2D eigenvalue weighted by Gasteiger charge is -2.24. The molecule has 0 bridgehead atoms. The van der Waals surface area contributed by atoms with Crippen molar-refractivity contribution < 1.29 is 14.7 Å². The number of H-pyrrole nitrogens is 1. The summed E-state index contributed by atoms with van der Waals surface area (Å²) in [7, 11) is 0. The molecule has 1 amide bonds. The third-order valence-corrected chi connectivity index (χ3v) is 8.51. The van der Waals surface area contributed by atoms with Crippen LogP contribution in [0.25, 0.3) is 22.2 Å². The molecule has 37 heavy (non-hydrogen) atoms. The Balaban J connectivity index is 1.26. The van der Waals surface area contributed by atoms with Crippen molar-refractivity contribution in [2.24, 2.45) is 16.8 Å². The van der Waals surface area contributed by atoms with E-state index < -0.39 is 5.97 Å². The Labute approximate surface area is 211 Å². The summed E-state index contributed by atoms with van der Waals surface area (Å²) in [5.74, 6) is 1.10. The fourth-order valence-corrected chi connectivity index (χ4v) is 6.47. The molecule has 2 N–H and O–H groups in total. The maximum absolute atomic E-state index is 13.5. The molecule has 2 atom stereocenters. The first-order valence-electron chi connectivity index (χ1n) is 12.8. The Morgan fingerprint density at radius 2 is 1.97 bits per heavy atom. The molecule has 1 aromatic carbocycles. The Hall–Kier alpha value is -4.27. The second kappa shape index (κ2) is 7.15. The number of aryl methyl sites for hydroxylation is 1. The molecule has 5 heterocycles. The number of pyridine rings is 1. The highest BCUT2D eigenvalue weighted by Crippen LogP contribution is 2.47. The van der Waals surface area contributed by atoms with E-state index in [0.29, 0.717) is 29.6 Å². The predicted octanol–water partition coefficient (Wildman–Crippen LogP) is 3.83. The van der Waals surface area contributed by atoms with Crippen molar-refractivity contribution in [1.82, 2.24) is 19.7 Å². The number of rotatable bonds is 3. The summed E-state index contributed by atoms with van der Waals surface area (Å²) >= 11 is 0. The van der Waals surface area contributed by atoms with E-state index >= 15 is 0 Å². The second-order valence-electron chi connectivity index (χ2n) is 10.8. The van der Waals surface area contributed by atoms with Gasteiger partial charge in [0.25, 0.3) is 5.91 Å². The summed E-state index contributed by atoms with van der Waals surface area (Å²) in [6.07, 6.45) is 4.60. The highest BCUT2D eigenvalue weighted by molar-refractivity contribution is 6.17. The molecule has 2 fully saturated rings.